The number of rotatable bonds is 5. The molecule has 2 aromatic rings. The molecular weight excluding hydrogens is 336 g/mol. The Morgan fingerprint density at radius 2 is 2.17 bits per heavy atom. The molecule has 2 heterocycles. The number of hydrogen-bond acceptors (Lipinski definition) is 4. The van der Waals surface area contributed by atoms with Gasteiger partial charge in [-0.25, -0.2) is 4.98 Å². The lowest BCUT2D eigenvalue weighted by molar-refractivity contribution is -0.134. The molecule has 0 radical (unpaired) electrons. The SMILES string of the molecule is CCC1CCCCN1C(=O)C(C)Sc1nc(-c2ccccc2)cs1. The number of carbonyl (C=O) groups is 1. The molecule has 2 atom stereocenters. The van der Waals surface area contributed by atoms with Crippen molar-refractivity contribution in [3.63, 3.8) is 0 Å². The molecule has 1 aromatic carbocycles. The minimum atomic E-state index is -0.0769. The summed E-state index contributed by atoms with van der Waals surface area (Å²) in [6, 6.07) is 10.6. The summed E-state index contributed by atoms with van der Waals surface area (Å²) in [6.07, 6.45) is 4.58. The Balaban J connectivity index is 1.65. The molecule has 0 N–H and O–H groups in total. The molecule has 0 aliphatic carbocycles. The van der Waals surface area contributed by atoms with Gasteiger partial charge in [0.25, 0.3) is 0 Å². The summed E-state index contributed by atoms with van der Waals surface area (Å²) in [4.78, 5) is 19.6. The number of carbonyl (C=O) groups excluding carboxylic acids is 1. The maximum Gasteiger partial charge on any atom is 0.236 e. The fourth-order valence-electron chi connectivity index (χ4n) is 3.20. The summed E-state index contributed by atoms with van der Waals surface area (Å²) in [7, 11) is 0. The number of likely N-dealkylation sites (tertiary alicyclic amines) is 1. The van der Waals surface area contributed by atoms with E-state index in [0.717, 1.165) is 41.4 Å². The Kier molecular flexibility index (Phi) is 5.95. The van der Waals surface area contributed by atoms with Crippen molar-refractivity contribution < 1.29 is 4.79 Å². The van der Waals surface area contributed by atoms with Gasteiger partial charge in [-0.2, -0.15) is 0 Å². The highest BCUT2D eigenvalue weighted by Gasteiger charge is 2.29. The first-order valence-electron chi connectivity index (χ1n) is 8.67. The smallest absolute Gasteiger partial charge is 0.236 e. The van der Waals surface area contributed by atoms with E-state index in [-0.39, 0.29) is 11.2 Å². The maximum atomic E-state index is 12.8. The van der Waals surface area contributed by atoms with Crippen molar-refractivity contribution in [2.24, 2.45) is 0 Å². The second-order valence-electron chi connectivity index (χ2n) is 6.21. The molecule has 1 amide bonds. The van der Waals surface area contributed by atoms with Gasteiger partial charge in [-0.15, -0.1) is 11.3 Å². The Labute approximate surface area is 152 Å². The second-order valence-corrected chi connectivity index (χ2v) is 8.66. The summed E-state index contributed by atoms with van der Waals surface area (Å²) in [5, 5.41) is 2.00. The molecule has 5 heteroatoms. The average Bonchev–Trinajstić information content (AvgIpc) is 3.10. The van der Waals surface area contributed by atoms with Gasteiger partial charge in [-0.3, -0.25) is 4.79 Å². The quantitative estimate of drug-likeness (QED) is 0.697. The van der Waals surface area contributed by atoms with Crippen LogP contribution in [0, 0.1) is 0 Å². The first kappa shape index (κ1) is 17.5. The normalized spacial score (nSPS) is 19.2. The van der Waals surface area contributed by atoms with Crippen molar-refractivity contribution in [2.45, 2.75) is 55.2 Å². The van der Waals surface area contributed by atoms with Gasteiger partial charge in [0.1, 0.15) is 0 Å². The number of aromatic nitrogens is 1. The van der Waals surface area contributed by atoms with Gasteiger partial charge in [0.05, 0.1) is 10.9 Å². The first-order valence-corrected chi connectivity index (χ1v) is 10.4. The van der Waals surface area contributed by atoms with Crippen LogP contribution in [0.3, 0.4) is 0 Å². The van der Waals surface area contributed by atoms with E-state index in [1.165, 1.54) is 6.42 Å². The average molecular weight is 361 g/mol. The fraction of sp³-hybridized carbons (Fsp3) is 0.474. The van der Waals surface area contributed by atoms with Crippen LogP contribution in [-0.4, -0.2) is 33.6 Å². The highest BCUT2D eigenvalue weighted by atomic mass is 32.2. The Morgan fingerprint density at radius 3 is 2.92 bits per heavy atom. The number of thioether (sulfide) groups is 1. The van der Waals surface area contributed by atoms with Crippen molar-refractivity contribution >= 4 is 29.0 Å². The van der Waals surface area contributed by atoms with E-state index in [1.807, 2.05) is 25.1 Å². The molecule has 1 aliphatic heterocycles. The number of amides is 1. The molecule has 0 bridgehead atoms. The molecule has 0 saturated carbocycles. The predicted octanol–water partition coefficient (Wildman–Crippen LogP) is 5.08. The van der Waals surface area contributed by atoms with Crippen LogP contribution in [0.5, 0.6) is 0 Å². The van der Waals surface area contributed by atoms with Gasteiger partial charge in [0.15, 0.2) is 4.34 Å². The lowest BCUT2D eigenvalue weighted by atomic mass is 10.00. The van der Waals surface area contributed by atoms with Crippen LogP contribution in [0.1, 0.15) is 39.5 Å². The molecule has 1 aliphatic rings. The van der Waals surface area contributed by atoms with E-state index in [9.17, 15) is 4.79 Å². The molecule has 1 saturated heterocycles. The number of hydrogen-bond donors (Lipinski definition) is 0. The first-order chi connectivity index (χ1) is 11.7. The number of thiazole rings is 1. The van der Waals surface area contributed by atoms with Crippen LogP contribution in [0.2, 0.25) is 0 Å². The molecule has 128 valence electrons. The van der Waals surface area contributed by atoms with Crippen molar-refractivity contribution in [1.82, 2.24) is 9.88 Å². The topological polar surface area (TPSA) is 33.2 Å². The second kappa shape index (κ2) is 8.17. The number of nitrogens with zero attached hydrogens (tertiary/aromatic N) is 2. The van der Waals surface area contributed by atoms with Crippen LogP contribution < -0.4 is 0 Å². The van der Waals surface area contributed by atoms with Gasteiger partial charge in [-0.05, 0) is 32.6 Å². The lowest BCUT2D eigenvalue weighted by Crippen LogP contribution is -2.46. The van der Waals surface area contributed by atoms with Crippen LogP contribution in [0.15, 0.2) is 40.1 Å². The summed E-state index contributed by atoms with van der Waals surface area (Å²) in [5.74, 6) is 0.267. The van der Waals surface area contributed by atoms with Gasteiger partial charge in [0, 0.05) is 23.5 Å². The predicted molar refractivity (Wildman–Crippen MR) is 103 cm³/mol. The molecular formula is C19H24N2OS2. The highest BCUT2D eigenvalue weighted by molar-refractivity contribution is 8.02. The molecule has 2 unspecified atom stereocenters. The zero-order valence-corrected chi connectivity index (χ0v) is 15.9. The molecule has 24 heavy (non-hydrogen) atoms. The van der Waals surface area contributed by atoms with Gasteiger partial charge < -0.3 is 4.90 Å². The third-order valence-corrected chi connectivity index (χ3v) is 6.62. The van der Waals surface area contributed by atoms with Crippen molar-refractivity contribution in [1.29, 1.82) is 0 Å². The zero-order chi connectivity index (χ0) is 16.9. The molecule has 1 fully saturated rings. The maximum absolute atomic E-state index is 12.8. The van der Waals surface area contributed by atoms with E-state index in [4.69, 9.17) is 4.98 Å². The van der Waals surface area contributed by atoms with Gasteiger partial charge in [0.2, 0.25) is 5.91 Å². The molecule has 0 spiro atoms. The van der Waals surface area contributed by atoms with Crippen molar-refractivity contribution in [2.75, 3.05) is 6.54 Å². The van der Waals surface area contributed by atoms with Crippen LogP contribution in [0.25, 0.3) is 11.3 Å². The summed E-state index contributed by atoms with van der Waals surface area (Å²) >= 11 is 3.21. The van der Waals surface area contributed by atoms with Crippen LogP contribution in [-0.2, 0) is 4.79 Å². The van der Waals surface area contributed by atoms with Crippen molar-refractivity contribution in [3.05, 3.63) is 35.7 Å². The summed E-state index contributed by atoms with van der Waals surface area (Å²) < 4.78 is 0.972. The van der Waals surface area contributed by atoms with E-state index in [2.05, 4.69) is 29.3 Å². The van der Waals surface area contributed by atoms with Crippen LogP contribution in [0.4, 0.5) is 0 Å². The minimum absolute atomic E-state index is 0.0769. The monoisotopic (exact) mass is 360 g/mol. The van der Waals surface area contributed by atoms with Crippen molar-refractivity contribution in [3.8, 4) is 11.3 Å². The molecule has 3 nitrogen and oxygen atoms in total. The Hall–Kier alpha value is -1.33. The Bertz CT molecular complexity index is 671. The molecule has 1 aromatic heterocycles. The summed E-state index contributed by atoms with van der Waals surface area (Å²) in [6.45, 7) is 5.11. The minimum Gasteiger partial charge on any atom is -0.339 e. The third kappa shape index (κ3) is 4.01. The number of benzene rings is 1. The summed E-state index contributed by atoms with van der Waals surface area (Å²) in [5.41, 5.74) is 2.12. The highest BCUT2D eigenvalue weighted by Crippen LogP contribution is 2.32. The zero-order valence-electron chi connectivity index (χ0n) is 14.3. The standard InChI is InChI=1S/C19H24N2OS2/c1-3-16-11-7-8-12-21(16)18(22)14(2)24-19-20-17(13-23-19)15-9-5-4-6-10-15/h4-6,9-10,13-14,16H,3,7-8,11-12H2,1-2H3. The largest absolute Gasteiger partial charge is 0.339 e. The van der Waals surface area contributed by atoms with E-state index < -0.39 is 0 Å². The third-order valence-electron chi connectivity index (χ3n) is 4.56. The lowest BCUT2D eigenvalue weighted by Gasteiger charge is -2.36. The fourth-order valence-corrected chi connectivity index (χ4v) is 5.24. The van der Waals surface area contributed by atoms with Gasteiger partial charge >= 0.3 is 0 Å². The van der Waals surface area contributed by atoms with Gasteiger partial charge in [-0.1, -0.05) is 49.0 Å². The molecule has 3 rings (SSSR count). The van der Waals surface area contributed by atoms with E-state index in [0.29, 0.717) is 6.04 Å². The number of piperidine rings is 1. The van der Waals surface area contributed by atoms with E-state index >= 15 is 0 Å². The van der Waals surface area contributed by atoms with E-state index in [1.54, 1.807) is 23.1 Å². The van der Waals surface area contributed by atoms with Crippen LogP contribution >= 0.6 is 23.1 Å². The Morgan fingerprint density at radius 1 is 1.38 bits per heavy atom.